The first-order valence-corrected chi connectivity index (χ1v) is 12.5. The maximum absolute atomic E-state index is 13.6. The molecule has 7 nitrogen and oxygen atoms in total. The summed E-state index contributed by atoms with van der Waals surface area (Å²) < 4.78 is 5.47. The zero-order valence-corrected chi connectivity index (χ0v) is 21.2. The van der Waals surface area contributed by atoms with Crippen LogP contribution in [0.3, 0.4) is 0 Å². The molecule has 0 aromatic heterocycles. The van der Waals surface area contributed by atoms with Crippen LogP contribution in [-0.4, -0.2) is 35.0 Å². The summed E-state index contributed by atoms with van der Waals surface area (Å²) in [5.74, 6) is 0.405. The van der Waals surface area contributed by atoms with Crippen LogP contribution in [0.2, 0.25) is 0 Å². The van der Waals surface area contributed by atoms with Gasteiger partial charge in [-0.05, 0) is 55.5 Å². The SMILES string of the molecule is CCC(C)NC(=O)CC1=CSC2=NC(C)=C(C(=O)Nc3ccccc3)C(c3cccc(OC)c3)N12. The highest BCUT2D eigenvalue weighted by Crippen LogP contribution is 2.45. The molecule has 2 aliphatic heterocycles. The predicted octanol–water partition coefficient (Wildman–Crippen LogP) is 5.21. The van der Waals surface area contributed by atoms with E-state index in [0.29, 0.717) is 22.7 Å². The van der Waals surface area contributed by atoms with E-state index in [4.69, 9.17) is 9.73 Å². The third-order valence-corrected chi connectivity index (χ3v) is 6.94. The summed E-state index contributed by atoms with van der Waals surface area (Å²) in [7, 11) is 1.62. The van der Waals surface area contributed by atoms with Gasteiger partial charge in [-0.15, -0.1) is 0 Å². The Morgan fingerprint density at radius 1 is 1.17 bits per heavy atom. The molecule has 2 aliphatic rings. The summed E-state index contributed by atoms with van der Waals surface area (Å²) in [6, 6.07) is 16.7. The molecule has 0 saturated heterocycles. The van der Waals surface area contributed by atoms with E-state index >= 15 is 0 Å². The molecule has 8 heteroatoms. The number of aliphatic imine (C=N–C) groups is 1. The molecular formula is C27H30N4O3S. The number of carbonyl (C=O) groups is 2. The Kier molecular flexibility index (Phi) is 7.60. The predicted molar refractivity (Wildman–Crippen MR) is 141 cm³/mol. The minimum absolute atomic E-state index is 0.0570. The van der Waals surface area contributed by atoms with Gasteiger partial charge in [-0.25, -0.2) is 4.99 Å². The Morgan fingerprint density at radius 3 is 2.66 bits per heavy atom. The molecule has 182 valence electrons. The van der Waals surface area contributed by atoms with Gasteiger partial charge in [0.15, 0.2) is 5.17 Å². The van der Waals surface area contributed by atoms with Crippen molar-refractivity contribution < 1.29 is 14.3 Å². The van der Waals surface area contributed by atoms with Gasteiger partial charge in [-0.2, -0.15) is 0 Å². The highest BCUT2D eigenvalue weighted by Gasteiger charge is 2.40. The second-order valence-corrected chi connectivity index (χ2v) is 9.38. The fraction of sp³-hybridized carbons (Fsp3) is 0.296. The number of para-hydroxylation sites is 1. The van der Waals surface area contributed by atoms with E-state index in [1.807, 2.05) is 85.7 Å². The van der Waals surface area contributed by atoms with E-state index in [1.54, 1.807) is 7.11 Å². The molecule has 2 unspecified atom stereocenters. The van der Waals surface area contributed by atoms with Crippen molar-refractivity contribution in [3.63, 3.8) is 0 Å². The Hall–Kier alpha value is -3.52. The van der Waals surface area contributed by atoms with Crippen LogP contribution in [-0.2, 0) is 9.59 Å². The molecule has 2 amide bonds. The summed E-state index contributed by atoms with van der Waals surface area (Å²) in [6.07, 6.45) is 1.05. The number of nitrogens with one attached hydrogen (secondary N) is 2. The van der Waals surface area contributed by atoms with Crippen molar-refractivity contribution in [1.29, 1.82) is 0 Å². The highest BCUT2D eigenvalue weighted by atomic mass is 32.2. The Morgan fingerprint density at radius 2 is 1.94 bits per heavy atom. The maximum atomic E-state index is 13.6. The molecule has 0 aliphatic carbocycles. The zero-order chi connectivity index (χ0) is 24.9. The van der Waals surface area contributed by atoms with E-state index < -0.39 is 6.04 Å². The van der Waals surface area contributed by atoms with Crippen LogP contribution in [0.5, 0.6) is 5.75 Å². The molecule has 2 heterocycles. The number of amidine groups is 1. The first-order chi connectivity index (χ1) is 16.9. The second kappa shape index (κ2) is 10.8. The fourth-order valence-electron chi connectivity index (χ4n) is 4.10. The molecule has 2 N–H and O–H groups in total. The van der Waals surface area contributed by atoms with Crippen LogP contribution in [0.15, 0.2) is 82.0 Å². The topological polar surface area (TPSA) is 83.0 Å². The Labute approximate surface area is 210 Å². The number of thioether (sulfide) groups is 1. The van der Waals surface area contributed by atoms with E-state index in [-0.39, 0.29) is 24.3 Å². The van der Waals surface area contributed by atoms with Gasteiger partial charge in [0, 0.05) is 17.4 Å². The third-order valence-electron chi connectivity index (χ3n) is 6.05. The third kappa shape index (κ3) is 5.43. The van der Waals surface area contributed by atoms with E-state index in [9.17, 15) is 9.59 Å². The number of hydrogen-bond donors (Lipinski definition) is 2. The minimum Gasteiger partial charge on any atom is -0.497 e. The van der Waals surface area contributed by atoms with Crippen molar-refractivity contribution in [2.45, 2.75) is 45.7 Å². The minimum atomic E-state index is -0.459. The Balaban J connectivity index is 1.72. The van der Waals surface area contributed by atoms with Crippen molar-refractivity contribution in [2.75, 3.05) is 12.4 Å². The average Bonchev–Trinajstić information content (AvgIpc) is 3.25. The van der Waals surface area contributed by atoms with Crippen molar-refractivity contribution in [3.8, 4) is 5.75 Å². The summed E-state index contributed by atoms with van der Waals surface area (Å²) in [6.45, 7) is 5.88. The molecule has 4 rings (SSSR count). The number of ether oxygens (including phenoxy) is 1. The van der Waals surface area contributed by atoms with Gasteiger partial charge in [-0.3, -0.25) is 9.59 Å². The van der Waals surface area contributed by atoms with Crippen LogP contribution in [0, 0.1) is 0 Å². The van der Waals surface area contributed by atoms with Gasteiger partial charge in [0.05, 0.1) is 30.8 Å². The van der Waals surface area contributed by atoms with E-state index in [1.165, 1.54) is 11.8 Å². The first-order valence-electron chi connectivity index (χ1n) is 11.6. The van der Waals surface area contributed by atoms with Gasteiger partial charge >= 0.3 is 0 Å². The number of allylic oxidation sites excluding steroid dienone is 1. The van der Waals surface area contributed by atoms with Crippen LogP contribution in [0.4, 0.5) is 5.69 Å². The molecule has 2 aromatic carbocycles. The summed E-state index contributed by atoms with van der Waals surface area (Å²) in [5.41, 5.74) is 3.56. The van der Waals surface area contributed by atoms with Crippen molar-refractivity contribution in [2.24, 2.45) is 4.99 Å². The van der Waals surface area contributed by atoms with Gasteiger partial charge in [0.25, 0.3) is 5.91 Å². The molecule has 0 spiro atoms. The number of carbonyl (C=O) groups excluding carboxylic acids is 2. The van der Waals surface area contributed by atoms with Gasteiger partial charge in [-0.1, -0.05) is 49.0 Å². The van der Waals surface area contributed by atoms with Crippen molar-refractivity contribution >= 4 is 34.4 Å². The van der Waals surface area contributed by atoms with Crippen LogP contribution < -0.4 is 15.4 Å². The second-order valence-electron chi connectivity index (χ2n) is 8.54. The number of benzene rings is 2. The number of anilines is 1. The van der Waals surface area contributed by atoms with Gasteiger partial charge < -0.3 is 20.3 Å². The normalized spacial score (nSPS) is 17.8. The lowest BCUT2D eigenvalue weighted by atomic mass is 9.93. The molecule has 35 heavy (non-hydrogen) atoms. The summed E-state index contributed by atoms with van der Waals surface area (Å²) in [4.78, 5) is 33.1. The number of hydrogen-bond acceptors (Lipinski definition) is 6. The van der Waals surface area contributed by atoms with E-state index in [0.717, 1.165) is 22.8 Å². The Bertz CT molecular complexity index is 1210. The van der Waals surface area contributed by atoms with Crippen LogP contribution >= 0.6 is 11.8 Å². The zero-order valence-electron chi connectivity index (χ0n) is 20.4. The molecule has 0 fully saturated rings. The lowest BCUT2D eigenvalue weighted by Gasteiger charge is -2.36. The number of fused-ring (bicyclic) bond motifs is 1. The smallest absolute Gasteiger partial charge is 0.255 e. The molecule has 0 bridgehead atoms. The molecular weight excluding hydrogens is 460 g/mol. The highest BCUT2D eigenvalue weighted by molar-refractivity contribution is 8.16. The maximum Gasteiger partial charge on any atom is 0.255 e. The monoisotopic (exact) mass is 490 g/mol. The van der Waals surface area contributed by atoms with Crippen LogP contribution in [0.1, 0.15) is 45.2 Å². The largest absolute Gasteiger partial charge is 0.497 e. The van der Waals surface area contributed by atoms with Gasteiger partial charge in [0.2, 0.25) is 5.91 Å². The summed E-state index contributed by atoms with van der Waals surface area (Å²) >= 11 is 1.47. The van der Waals surface area contributed by atoms with Crippen LogP contribution in [0.25, 0.3) is 0 Å². The van der Waals surface area contributed by atoms with Gasteiger partial charge in [0.1, 0.15) is 5.75 Å². The first kappa shape index (κ1) is 24.6. The van der Waals surface area contributed by atoms with Crippen molar-refractivity contribution in [1.82, 2.24) is 10.2 Å². The van der Waals surface area contributed by atoms with E-state index in [2.05, 4.69) is 10.6 Å². The number of nitrogens with zero attached hydrogens (tertiary/aromatic N) is 2. The molecule has 0 radical (unpaired) electrons. The fourth-order valence-corrected chi connectivity index (χ4v) is 5.06. The quantitative estimate of drug-likeness (QED) is 0.531. The molecule has 0 saturated carbocycles. The van der Waals surface area contributed by atoms with Crippen molar-refractivity contribution in [3.05, 3.63) is 82.5 Å². The lowest BCUT2D eigenvalue weighted by Crippen LogP contribution is -2.39. The molecule has 2 aromatic rings. The summed E-state index contributed by atoms with van der Waals surface area (Å²) in [5, 5.41) is 8.74. The number of methoxy groups -OCH3 is 1. The standard InChI is InChI=1S/C27H30N4O3S/c1-5-17(2)28-23(32)15-21-16-35-27-29-18(3)24(26(33)30-20-11-7-6-8-12-20)25(31(21)27)19-10-9-13-22(14-19)34-4/h6-14,16-17,25H,5,15H2,1-4H3,(H,28,32)(H,30,33). The lowest BCUT2D eigenvalue weighted by molar-refractivity contribution is -0.121. The number of rotatable bonds is 8. The number of amides is 2. The average molecular weight is 491 g/mol. The molecule has 2 atom stereocenters.